The molecule has 2 heterocycles. The molecular weight excluding hydrogens is 320 g/mol. The molecule has 3 rings (SSSR count). The number of aromatic nitrogens is 1. The standard InChI is InChI=1S/C18H24N4O3/c1-2-25-18(24)22-11-9-21(10-12-22)17(23)19-8-7-14-13-20-16-6-4-3-5-15(14)16/h3-6,13,20H,2,7-12H2,1H3,(H,19,23). The molecule has 0 spiro atoms. The molecule has 7 nitrogen and oxygen atoms in total. The van der Waals surface area contributed by atoms with Crippen molar-refractivity contribution in [1.29, 1.82) is 0 Å². The van der Waals surface area contributed by atoms with Crippen LogP contribution in [0.5, 0.6) is 0 Å². The molecule has 134 valence electrons. The molecule has 1 saturated heterocycles. The van der Waals surface area contributed by atoms with Crippen LogP contribution < -0.4 is 5.32 Å². The number of carbonyl (C=O) groups excluding carboxylic acids is 2. The van der Waals surface area contributed by atoms with Gasteiger partial charge >= 0.3 is 12.1 Å². The molecule has 3 amide bonds. The van der Waals surface area contributed by atoms with Gasteiger partial charge in [0.05, 0.1) is 6.61 Å². The number of urea groups is 1. The van der Waals surface area contributed by atoms with Gasteiger partial charge in [0, 0.05) is 49.8 Å². The van der Waals surface area contributed by atoms with Crippen molar-refractivity contribution in [2.75, 3.05) is 39.3 Å². The van der Waals surface area contributed by atoms with Crippen molar-refractivity contribution in [3.8, 4) is 0 Å². The Morgan fingerprint density at radius 3 is 2.64 bits per heavy atom. The highest BCUT2D eigenvalue weighted by atomic mass is 16.6. The summed E-state index contributed by atoms with van der Waals surface area (Å²) in [4.78, 5) is 30.6. The van der Waals surface area contributed by atoms with Crippen LogP contribution >= 0.6 is 0 Å². The Labute approximate surface area is 146 Å². The number of benzene rings is 1. The van der Waals surface area contributed by atoms with Gasteiger partial charge in [0.25, 0.3) is 0 Å². The first-order valence-electron chi connectivity index (χ1n) is 8.68. The highest BCUT2D eigenvalue weighted by molar-refractivity contribution is 5.83. The van der Waals surface area contributed by atoms with Gasteiger partial charge in [0.15, 0.2) is 0 Å². The molecule has 1 fully saturated rings. The van der Waals surface area contributed by atoms with E-state index in [1.807, 2.05) is 24.4 Å². The third kappa shape index (κ3) is 4.04. The summed E-state index contributed by atoms with van der Waals surface area (Å²) in [6, 6.07) is 8.06. The number of hydrogen-bond acceptors (Lipinski definition) is 3. The van der Waals surface area contributed by atoms with Crippen molar-refractivity contribution in [3.05, 3.63) is 36.0 Å². The second-order valence-electron chi connectivity index (χ2n) is 6.01. The number of aromatic amines is 1. The van der Waals surface area contributed by atoms with E-state index in [9.17, 15) is 9.59 Å². The van der Waals surface area contributed by atoms with Gasteiger partial charge in [-0.1, -0.05) is 18.2 Å². The summed E-state index contributed by atoms with van der Waals surface area (Å²) in [7, 11) is 0. The zero-order chi connectivity index (χ0) is 17.6. The summed E-state index contributed by atoms with van der Waals surface area (Å²) in [5.41, 5.74) is 2.31. The van der Waals surface area contributed by atoms with Gasteiger partial charge in [0.2, 0.25) is 0 Å². The minimum absolute atomic E-state index is 0.0802. The van der Waals surface area contributed by atoms with E-state index in [-0.39, 0.29) is 12.1 Å². The highest BCUT2D eigenvalue weighted by Crippen LogP contribution is 2.17. The summed E-state index contributed by atoms with van der Waals surface area (Å²) in [5.74, 6) is 0. The van der Waals surface area contributed by atoms with Gasteiger partial charge in [-0.25, -0.2) is 9.59 Å². The highest BCUT2D eigenvalue weighted by Gasteiger charge is 2.24. The van der Waals surface area contributed by atoms with Crippen LogP contribution in [0.2, 0.25) is 0 Å². The van der Waals surface area contributed by atoms with Crippen LogP contribution in [0.3, 0.4) is 0 Å². The maximum atomic E-state index is 12.3. The quantitative estimate of drug-likeness (QED) is 0.892. The lowest BCUT2D eigenvalue weighted by atomic mass is 10.1. The van der Waals surface area contributed by atoms with Gasteiger partial charge in [-0.05, 0) is 25.0 Å². The number of nitrogens with zero attached hydrogens (tertiary/aromatic N) is 2. The van der Waals surface area contributed by atoms with Crippen molar-refractivity contribution < 1.29 is 14.3 Å². The summed E-state index contributed by atoms with van der Waals surface area (Å²) in [6.45, 7) is 4.81. The molecule has 0 aliphatic carbocycles. The van der Waals surface area contributed by atoms with E-state index in [2.05, 4.69) is 16.4 Å². The fraction of sp³-hybridized carbons (Fsp3) is 0.444. The maximum absolute atomic E-state index is 12.3. The van der Waals surface area contributed by atoms with Crippen LogP contribution in [-0.2, 0) is 11.2 Å². The van der Waals surface area contributed by atoms with E-state index < -0.39 is 0 Å². The Balaban J connectivity index is 1.43. The van der Waals surface area contributed by atoms with Crippen LogP contribution in [0, 0.1) is 0 Å². The van der Waals surface area contributed by atoms with Crippen molar-refractivity contribution >= 4 is 23.0 Å². The fourth-order valence-electron chi connectivity index (χ4n) is 3.06. The molecule has 1 aromatic carbocycles. The van der Waals surface area contributed by atoms with Gasteiger partial charge < -0.3 is 24.8 Å². The SMILES string of the molecule is CCOC(=O)N1CCN(C(=O)NCCc2c[nH]c3ccccc23)CC1. The second kappa shape index (κ2) is 7.92. The summed E-state index contributed by atoms with van der Waals surface area (Å²) in [5, 5.41) is 4.16. The van der Waals surface area contributed by atoms with E-state index in [1.54, 1.807) is 16.7 Å². The predicted molar refractivity (Wildman–Crippen MR) is 95.6 cm³/mol. The summed E-state index contributed by atoms with van der Waals surface area (Å²) in [6.07, 6.45) is 2.47. The van der Waals surface area contributed by atoms with Crippen LogP contribution in [0.25, 0.3) is 10.9 Å². The lowest BCUT2D eigenvalue weighted by Gasteiger charge is -2.34. The third-order valence-electron chi connectivity index (χ3n) is 4.44. The molecule has 1 aromatic heterocycles. The Bertz CT molecular complexity index is 735. The molecule has 7 heteroatoms. The summed E-state index contributed by atoms with van der Waals surface area (Å²) >= 11 is 0. The molecular formula is C18H24N4O3. The number of ether oxygens (including phenoxy) is 1. The topological polar surface area (TPSA) is 77.7 Å². The van der Waals surface area contributed by atoms with Crippen molar-refractivity contribution in [2.24, 2.45) is 0 Å². The van der Waals surface area contributed by atoms with Crippen molar-refractivity contribution in [2.45, 2.75) is 13.3 Å². The monoisotopic (exact) mass is 344 g/mol. The van der Waals surface area contributed by atoms with Crippen LogP contribution in [0.4, 0.5) is 9.59 Å². The number of piperazine rings is 1. The predicted octanol–water partition coefficient (Wildman–Crippen LogP) is 2.19. The lowest BCUT2D eigenvalue weighted by molar-refractivity contribution is 0.0852. The lowest BCUT2D eigenvalue weighted by Crippen LogP contribution is -2.53. The number of hydrogen-bond donors (Lipinski definition) is 2. The van der Waals surface area contributed by atoms with Crippen LogP contribution in [0.15, 0.2) is 30.5 Å². The normalized spacial score (nSPS) is 14.6. The Kier molecular flexibility index (Phi) is 5.42. The fourth-order valence-corrected chi connectivity index (χ4v) is 3.06. The number of rotatable bonds is 4. The minimum atomic E-state index is -0.304. The molecule has 0 saturated carbocycles. The Morgan fingerprint density at radius 2 is 1.88 bits per heavy atom. The third-order valence-corrected chi connectivity index (χ3v) is 4.44. The van der Waals surface area contributed by atoms with Gasteiger partial charge in [-0.2, -0.15) is 0 Å². The molecule has 1 aliphatic rings. The smallest absolute Gasteiger partial charge is 0.409 e. The summed E-state index contributed by atoms with van der Waals surface area (Å²) < 4.78 is 4.98. The van der Waals surface area contributed by atoms with E-state index in [0.717, 1.165) is 11.9 Å². The molecule has 25 heavy (non-hydrogen) atoms. The number of fused-ring (bicyclic) bond motifs is 1. The second-order valence-corrected chi connectivity index (χ2v) is 6.01. The molecule has 1 aliphatic heterocycles. The van der Waals surface area contributed by atoms with E-state index >= 15 is 0 Å². The number of nitrogens with one attached hydrogen (secondary N) is 2. The van der Waals surface area contributed by atoms with Crippen molar-refractivity contribution in [1.82, 2.24) is 20.1 Å². The zero-order valence-corrected chi connectivity index (χ0v) is 14.5. The molecule has 0 radical (unpaired) electrons. The first-order valence-corrected chi connectivity index (χ1v) is 8.68. The Morgan fingerprint density at radius 1 is 1.16 bits per heavy atom. The van der Waals surface area contributed by atoms with E-state index in [4.69, 9.17) is 4.74 Å². The molecule has 2 aromatic rings. The van der Waals surface area contributed by atoms with Crippen molar-refractivity contribution in [3.63, 3.8) is 0 Å². The molecule has 0 bridgehead atoms. The average Bonchev–Trinajstić information content (AvgIpc) is 3.05. The number of para-hydroxylation sites is 1. The largest absolute Gasteiger partial charge is 0.450 e. The van der Waals surface area contributed by atoms with E-state index in [1.165, 1.54) is 10.9 Å². The first-order chi connectivity index (χ1) is 12.2. The van der Waals surface area contributed by atoms with Gasteiger partial charge in [-0.15, -0.1) is 0 Å². The number of carbonyl (C=O) groups is 2. The van der Waals surface area contributed by atoms with Crippen LogP contribution in [0.1, 0.15) is 12.5 Å². The van der Waals surface area contributed by atoms with Gasteiger partial charge in [0.1, 0.15) is 0 Å². The van der Waals surface area contributed by atoms with E-state index in [0.29, 0.717) is 39.3 Å². The minimum Gasteiger partial charge on any atom is -0.450 e. The first kappa shape index (κ1) is 17.1. The van der Waals surface area contributed by atoms with Gasteiger partial charge in [-0.3, -0.25) is 0 Å². The van der Waals surface area contributed by atoms with Crippen LogP contribution in [-0.4, -0.2) is 66.2 Å². The Hall–Kier alpha value is -2.70. The maximum Gasteiger partial charge on any atom is 0.409 e. The number of amides is 3. The average molecular weight is 344 g/mol. The number of H-pyrrole nitrogens is 1. The zero-order valence-electron chi connectivity index (χ0n) is 14.5. The molecule has 0 atom stereocenters. The molecule has 0 unspecified atom stereocenters. The molecule has 2 N–H and O–H groups in total.